The van der Waals surface area contributed by atoms with Crippen molar-refractivity contribution >= 4 is 17.5 Å². The van der Waals surface area contributed by atoms with Crippen molar-refractivity contribution in [1.29, 1.82) is 0 Å². The summed E-state index contributed by atoms with van der Waals surface area (Å²) >= 11 is 0. The van der Waals surface area contributed by atoms with Crippen LogP contribution in [0.1, 0.15) is 34.1 Å². The number of carbonyl (C=O) groups is 2. The molecule has 138 valence electrons. The van der Waals surface area contributed by atoms with Gasteiger partial charge in [-0.1, -0.05) is 18.2 Å². The predicted molar refractivity (Wildman–Crippen MR) is 101 cm³/mol. The molecule has 0 atom stereocenters. The fourth-order valence-corrected chi connectivity index (χ4v) is 2.39. The molecule has 6 heteroatoms. The Kier molecular flexibility index (Phi) is 7.64. The van der Waals surface area contributed by atoms with Crippen LogP contribution in [0.5, 0.6) is 5.75 Å². The lowest BCUT2D eigenvalue weighted by Crippen LogP contribution is -2.26. The van der Waals surface area contributed by atoms with Crippen molar-refractivity contribution in [2.75, 3.05) is 32.2 Å². The molecule has 2 aromatic rings. The average molecular weight is 356 g/mol. The Bertz CT molecular complexity index is 746. The number of ether oxygens (including phenoxy) is 2. The molecular formula is C20H24N2O4. The maximum atomic E-state index is 12.5. The zero-order valence-corrected chi connectivity index (χ0v) is 15.1. The van der Waals surface area contributed by atoms with Crippen LogP contribution >= 0.6 is 0 Å². The third-order valence-corrected chi connectivity index (χ3v) is 3.64. The summed E-state index contributed by atoms with van der Waals surface area (Å²) in [6, 6.07) is 13.8. The van der Waals surface area contributed by atoms with Gasteiger partial charge < -0.3 is 20.1 Å². The molecule has 0 fully saturated rings. The van der Waals surface area contributed by atoms with E-state index in [1.54, 1.807) is 55.6 Å². The lowest BCUT2D eigenvalue weighted by Gasteiger charge is -2.12. The summed E-state index contributed by atoms with van der Waals surface area (Å²) in [6.45, 7) is 3.49. The minimum Gasteiger partial charge on any atom is -0.494 e. The third-order valence-electron chi connectivity index (χ3n) is 3.64. The van der Waals surface area contributed by atoms with Crippen molar-refractivity contribution in [1.82, 2.24) is 5.32 Å². The minimum absolute atomic E-state index is 0.236. The van der Waals surface area contributed by atoms with Crippen LogP contribution in [-0.2, 0) is 4.74 Å². The van der Waals surface area contributed by atoms with Gasteiger partial charge in [0.05, 0.1) is 17.9 Å². The van der Waals surface area contributed by atoms with E-state index < -0.39 is 0 Å². The zero-order valence-electron chi connectivity index (χ0n) is 15.1. The molecule has 0 bridgehead atoms. The highest BCUT2D eigenvalue weighted by Gasteiger charge is 2.14. The number of hydrogen-bond acceptors (Lipinski definition) is 4. The van der Waals surface area contributed by atoms with Gasteiger partial charge in [-0.2, -0.15) is 0 Å². The highest BCUT2D eigenvalue weighted by atomic mass is 16.5. The van der Waals surface area contributed by atoms with Crippen molar-refractivity contribution in [2.24, 2.45) is 0 Å². The number of methoxy groups -OCH3 is 1. The molecule has 2 amide bonds. The van der Waals surface area contributed by atoms with E-state index in [9.17, 15) is 9.59 Å². The van der Waals surface area contributed by atoms with Crippen LogP contribution in [-0.4, -0.2) is 38.7 Å². The molecule has 0 aromatic heterocycles. The monoisotopic (exact) mass is 356 g/mol. The van der Waals surface area contributed by atoms with Gasteiger partial charge in [0.2, 0.25) is 0 Å². The summed E-state index contributed by atoms with van der Waals surface area (Å²) in [4.78, 5) is 24.9. The molecule has 2 N–H and O–H groups in total. The molecule has 0 saturated carbocycles. The first-order chi connectivity index (χ1) is 12.7. The maximum absolute atomic E-state index is 12.5. The molecule has 0 aliphatic heterocycles. The number of anilines is 1. The zero-order chi connectivity index (χ0) is 18.8. The summed E-state index contributed by atoms with van der Waals surface area (Å²) in [5, 5.41) is 5.62. The molecule has 6 nitrogen and oxygen atoms in total. The van der Waals surface area contributed by atoms with E-state index in [2.05, 4.69) is 10.6 Å². The largest absolute Gasteiger partial charge is 0.494 e. The molecular weight excluding hydrogens is 332 g/mol. The molecule has 0 aliphatic rings. The van der Waals surface area contributed by atoms with Crippen LogP contribution in [0.15, 0.2) is 48.5 Å². The van der Waals surface area contributed by atoms with E-state index in [1.165, 1.54) is 0 Å². The summed E-state index contributed by atoms with van der Waals surface area (Å²) in [6.07, 6.45) is 0.723. The van der Waals surface area contributed by atoms with Crippen LogP contribution in [0.25, 0.3) is 0 Å². The van der Waals surface area contributed by atoms with E-state index in [-0.39, 0.29) is 11.8 Å². The predicted octanol–water partition coefficient (Wildman–Crippen LogP) is 3.10. The number of nitrogens with one attached hydrogen (secondary N) is 2. The van der Waals surface area contributed by atoms with E-state index in [0.29, 0.717) is 42.3 Å². The van der Waals surface area contributed by atoms with Gasteiger partial charge in [0, 0.05) is 25.8 Å². The van der Waals surface area contributed by atoms with Gasteiger partial charge in [0.25, 0.3) is 11.8 Å². The third kappa shape index (κ3) is 5.60. The van der Waals surface area contributed by atoms with Crippen molar-refractivity contribution in [2.45, 2.75) is 13.3 Å². The Morgan fingerprint density at radius 1 is 1.04 bits per heavy atom. The number of carbonyl (C=O) groups excluding carboxylic acids is 2. The number of hydrogen-bond donors (Lipinski definition) is 2. The standard InChI is InChI=1S/C20H24N2O4/c1-3-26-16-9-6-8-15(14-16)19(23)22-18-11-5-4-10-17(18)20(24)21-12-7-13-25-2/h4-6,8-11,14H,3,7,12-13H2,1-2H3,(H,21,24)(H,22,23). The summed E-state index contributed by atoms with van der Waals surface area (Å²) in [5.41, 5.74) is 1.34. The Labute approximate surface area is 153 Å². The minimum atomic E-state index is -0.300. The van der Waals surface area contributed by atoms with Gasteiger partial charge in [-0.05, 0) is 43.7 Å². The lowest BCUT2D eigenvalue weighted by atomic mass is 10.1. The second kappa shape index (κ2) is 10.2. The molecule has 0 radical (unpaired) electrons. The van der Waals surface area contributed by atoms with E-state index in [0.717, 1.165) is 6.42 Å². The first-order valence-electron chi connectivity index (χ1n) is 8.56. The molecule has 0 aliphatic carbocycles. The fraction of sp³-hybridized carbons (Fsp3) is 0.300. The van der Waals surface area contributed by atoms with E-state index >= 15 is 0 Å². The number of rotatable bonds is 9. The second-order valence-corrected chi connectivity index (χ2v) is 5.56. The molecule has 2 rings (SSSR count). The second-order valence-electron chi connectivity index (χ2n) is 5.56. The average Bonchev–Trinajstić information content (AvgIpc) is 2.66. The molecule has 2 aromatic carbocycles. The Balaban J connectivity index is 2.08. The Morgan fingerprint density at radius 2 is 1.85 bits per heavy atom. The number of amides is 2. The highest BCUT2D eigenvalue weighted by molar-refractivity contribution is 6.09. The van der Waals surface area contributed by atoms with Gasteiger partial charge in [-0.15, -0.1) is 0 Å². The normalized spacial score (nSPS) is 10.2. The molecule has 26 heavy (non-hydrogen) atoms. The first kappa shape index (κ1) is 19.5. The van der Waals surface area contributed by atoms with Crippen molar-refractivity contribution in [3.63, 3.8) is 0 Å². The highest BCUT2D eigenvalue weighted by Crippen LogP contribution is 2.18. The van der Waals surface area contributed by atoms with Crippen LogP contribution < -0.4 is 15.4 Å². The van der Waals surface area contributed by atoms with Gasteiger partial charge in [-0.25, -0.2) is 0 Å². The molecule has 0 unspecified atom stereocenters. The maximum Gasteiger partial charge on any atom is 0.255 e. The Hall–Kier alpha value is -2.86. The van der Waals surface area contributed by atoms with Gasteiger partial charge >= 0.3 is 0 Å². The first-order valence-corrected chi connectivity index (χ1v) is 8.56. The SMILES string of the molecule is CCOc1cccc(C(=O)Nc2ccccc2C(=O)NCCCOC)c1. The summed E-state index contributed by atoms with van der Waals surface area (Å²) in [5.74, 6) is 0.0931. The fourth-order valence-electron chi connectivity index (χ4n) is 2.39. The topological polar surface area (TPSA) is 76.7 Å². The molecule has 0 heterocycles. The summed E-state index contributed by atoms with van der Waals surface area (Å²) in [7, 11) is 1.62. The summed E-state index contributed by atoms with van der Waals surface area (Å²) < 4.78 is 10.4. The van der Waals surface area contributed by atoms with Crippen LogP contribution in [0.2, 0.25) is 0 Å². The lowest BCUT2D eigenvalue weighted by molar-refractivity contribution is 0.0949. The van der Waals surface area contributed by atoms with Gasteiger partial charge in [-0.3, -0.25) is 9.59 Å². The quantitative estimate of drug-likeness (QED) is 0.677. The smallest absolute Gasteiger partial charge is 0.255 e. The Morgan fingerprint density at radius 3 is 2.62 bits per heavy atom. The number of para-hydroxylation sites is 1. The van der Waals surface area contributed by atoms with Crippen molar-refractivity contribution < 1.29 is 19.1 Å². The van der Waals surface area contributed by atoms with E-state index in [1.807, 2.05) is 6.92 Å². The molecule has 0 saturated heterocycles. The van der Waals surface area contributed by atoms with Crippen LogP contribution in [0.4, 0.5) is 5.69 Å². The van der Waals surface area contributed by atoms with Crippen LogP contribution in [0.3, 0.4) is 0 Å². The van der Waals surface area contributed by atoms with Gasteiger partial charge in [0.1, 0.15) is 5.75 Å². The van der Waals surface area contributed by atoms with E-state index in [4.69, 9.17) is 9.47 Å². The van der Waals surface area contributed by atoms with Crippen molar-refractivity contribution in [3.8, 4) is 5.75 Å². The van der Waals surface area contributed by atoms with Gasteiger partial charge in [0.15, 0.2) is 0 Å². The van der Waals surface area contributed by atoms with Crippen LogP contribution in [0, 0.1) is 0 Å². The van der Waals surface area contributed by atoms with Crippen molar-refractivity contribution in [3.05, 3.63) is 59.7 Å². The number of benzene rings is 2. The molecule has 0 spiro atoms.